The van der Waals surface area contributed by atoms with Gasteiger partial charge in [-0.25, -0.2) is 0 Å². The van der Waals surface area contributed by atoms with Crippen LogP contribution in [-0.4, -0.2) is 4.98 Å². The highest BCUT2D eigenvalue weighted by molar-refractivity contribution is 9.10. The molecule has 0 aliphatic carbocycles. The van der Waals surface area contributed by atoms with Crippen molar-refractivity contribution in [3.63, 3.8) is 0 Å². The standard InChI is InChI=1S/C16H14BrN3/c1-10-3-2-4-12(7-10)20-15-6-5-14(18)13-8-11(17)9-19-16(13)15/h2-9,20H,18H2,1H3. The lowest BCUT2D eigenvalue weighted by atomic mass is 10.1. The summed E-state index contributed by atoms with van der Waals surface area (Å²) in [6.07, 6.45) is 1.78. The molecule has 0 aliphatic heterocycles. The molecule has 100 valence electrons. The van der Waals surface area contributed by atoms with Crippen molar-refractivity contribution in [2.75, 3.05) is 11.1 Å². The maximum absolute atomic E-state index is 6.02. The molecule has 0 radical (unpaired) electrons. The summed E-state index contributed by atoms with van der Waals surface area (Å²) in [5, 5.41) is 4.34. The van der Waals surface area contributed by atoms with Gasteiger partial charge in [-0.1, -0.05) is 12.1 Å². The lowest BCUT2D eigenvalue weighted by molar-refractivity contribution is 1.38. The fraction of sp³-hybridized carbons (Fsp3) is 0.0625. The number of hydrogen-bond donors (Lipinski definition) is 2. The average molecular weight is 328 g/mol. The molecule has 20 heavy (non-hydrogen) atoms. The van der Waals surface area contributed by atoms with E-state index in [0.29, 0.717) is 0 Å². The highest BCUT2D eigenvalue weighted by Gasteiger charge is 2.06. The van der Waals surface area contributed by atoms with Crippen molar-refractivity contribution in [2.24, 2.45) is 0 Å². The normalized spacial score (nSPS) is 10.7. The third-order valence-corrected chi connectivity index (χ3v) is 3.58. The van der Waals surface area contributed by atoms with Crippen molar-refractivity contribution in [3.8, 4) is 0 Å². The SMILES string of the molecule is Cc1cccc(Nc2ccc(N)c3cc(Br)cnc23)c1. The molecule has 0 spiro atoms. The number of aromatic nitrogens is 1. The van der Waals surface area contributed by atoms with Gasteiger partial charge in [0.15, 0.2) is 0 Å². The van der Waals surface area contributed by atoms with Crippen LogP contribution in [-0.2, 0) is 0 Å². The van der Waals surface area contributed by atoms with E-state index in [2.05, 4.69) is 45.3 Å². The third-order valence-electron chi connectivity index (χ3n) is 3.15. The van der Waals surface area contributed by atoms with Gasteiger partial charge >= 0.3 is 0 Å². The van der Waals surface area contributed by atoms with Gasteiger partial charge in [0.1, 0.15) is 0 Å². The number of hydrogen-bond acceptors (Lipinski definition) is 3. The van der Waals surface area contributed by atoms with Crippen molar-refractivity contribution >= 4 is 43.9 Å². The fourth-order valence-electron chi connectivity index (χ4n) is 2.19. The molecule has 4 heteroatoms. The summed E-state index contributed by atoms with van der Waals surface area (Å²) >= 11 is 3.43. The molecule has 3 N–H and O–H groups in total. The molecular weight excluding hydrogens is 314 g/mol. The second-order valence-electron chi connectivity index (χ2n) is 4.75. The first kappa shape index (κ1) is 12.9. The third kappa shape index (κ3) is 2.47. The van der Waals surface area contributed by atoms with Crippen LogP contribution >= 0.6 is 15.9 Å². The number of aryl methyl sites for hydroxylation is 1. The largest absolute Gasteiger partial charge is 0.398 e. The molecule has 0 saturated carbocycles. The van der Waals surface area contributed by atoms with Crippen LogP contribution in [0.25, 0.3) is 10.9 Å². The minimum absolute atomic E-state index is 0.726. The van der Waals surface area contributed by atoms with E-state index in [4.69, 9.17) is 5.73 Å². The zero-order valence-corrected chi connectivity index (χ0v) is 12.6. The van der Waals surface area contributed by atoms with Gasteiger partial charge in [-0.15, -0.1) is 0 Å². The molecule has 0 unspecified atom stereocenters. The van der Waals surface area contributed by atoms with E-state index in [1.807, 2.05) is 30.3 Å². The van der Waals surface area contributed by atoms with Crippen molar-refractivity contribution < 1.29 is 0 Å². The Morgan fingerprint density at radius 1 is 1.15 bits per heavy atom. The van der Waals surface area contributed by atoms with Gasteiger partial charge in [0, 0.05) is 27.4 Å². The molecule has 0 aliphatic rings. The monoisotopic (exact) mass is 327 g/mol. The van der Waals surface area contributed by atoms with Crippen molar-refractivity contribution in [1.82, 2.24) is 4.98 Å². The molecule has 3 nitrogen and oxygen atoms in total. The van der Waals surface area contributed by atoms with Gasteiger partial charge < -0.3 is 11.1 Å². The minimum Gasteiger partial charge on any atom is -0.398 e. The maximum Gasteiger partial charge on any atom is 0.0958 e. The molecule has 0 fully saturated rings. The van der Waals surface area contributed by atoms with Crippen LogP contribution in [0.3, 0.4) is 0 Å². The molecule has 1 heterocycles. The van der Waals surface area contributed by atoms with Gasteiger partial charge in [0.2, 0.25) is 0 Å². The number of anilines is 3. The van der Waals surface area contributed by atoms with E-state index in [-0.39, 0.29) is 0 Å². The summed E-state index contributed by atoms with van der Waals surface area (Å²) < 4.78 is 0.921. The summed E-state index contributed by atoms with van der Waals surface area (Å²) in [7, 11) is 0. The van der Waals surface area contributed by atoms with Crippen LogP contribution < -0.4 is 11.1 Å². The van der Waals surface area contributed by atoms with Crippen LogP contribution in [0.15, 0.2) is 53.1 Å². The number of nitrogen functional groups attached to an aromatic ring is 1. The Hall–Kier alpha value is -2.07. The topological polar surface area (TPSA) is 50.9 Å². The molecule has 0 atom stereocenters. The molecule has 3 rings (SSSR count). The second kappa shape index (κ2) is 5.13. The highest BCUT2D eigenvalue weighted by Crippen LogP contribution is 2.30. The van der Waals surface area contributed by atoms with Gasteiger partial charge in [-0.05, 0) is 58.7 Å². The smallest absolute Gasteiger partial charge is 0.0958 e. The molecule has 1 aromatic heterocycles. The van der Waals surface area contributed by atoms with E-state index in [1.54, 1.807) is 6.20 Å². The first-order valence-electron chi connectivity index (χ1n) is 6.31. The summed E-state index contributed by atoms with van der Waals surface area (Å²) in [5.41, 5.74) is 10.8. The van der Waals surface area contributed by atoms with E-state index in [9.17, 15) is 0 Å². The van der Waals surface area contributed by atoms with E-state index in [0.717, 1.165) is 32.4 Å². The zero-order chi connectivity index (χ0) is 14.1. The van der Waals surface area contributed by atoms with Gasteiger partial charge in [0.05, 0.1) is 11.2 Å². The minimum atomic E-state index is 0.726. The number of rotatable bonds is 2. The first-order chi connectivity index (χ1) is 9.63. The summed E-state index contributed by atoms with van der Waals surface area (Å²) in [6, 6.07) is 14.1. The van der Waals surface area contributed by atoms with E-state index < -0.39 is 0 Å². The van der Waals surface area contributed by atoms with Crippen molar-refractivity contribution in [2.45, 2.75) is 6.92 Å². The van der Waals surface area contributed by atoms with Crippen LogP contribution in [0.4, 0.5) is 17.1 Å². The van der Waals surface area contributed by atoms with Gasteiger partial charge in [-0.2, -0.15) is 0 Å². The summed E-state index contributed by atoms with van der Waals surface area (Å²) in [4.78, 5) is 4.47. The van der Waals surface area contributed by atoms with E-state index >= 15 is 0 Å². The fourth-order valence-corrected chi connectivity index (χ4v) is 2.53. The summed E-state index contributed by atoms with van der Waals surface area (Å²) in [6.45, 7) is 2.07. The highest BCUT2D eigenvalue weighted by atomic mass is 79.9. The number of benzene rings is 2. The number of pyridine rings is 1. The number of fused-ring (bicyclic) bond motifs is 1. The van der Waals surface area contributed by atoms with Crippen molar-refractivity contribution in [1.29, 1.82) is 0 Å². The number of halogens is 1. The molecule has 2 aromatic carbocycles. The first-order valence-corrected chi connectivity index (χ1v) is 7.10. The Morgan fingerprint density at radius 2 is 2.00 bits per heavy atom. The Labute approximate surface area is 126 Å². The maximum atomic E-state index is 6.02. The average Bonchev–Trinajstić information content (AvgIpc) is 2.42. The number of nitrogens with zero attached hydrogens (tertiary/aromatic N) is 1. The summed E-state index contributed by atoms with van der Waals surface area (Å²) in [5.74, 6) is 0. The Kier molecular flexibility index (Phi) is 3.32. The lowest BCUT2D eigenvalue weighted by Gasteiger charge is -2.11. The van der Waals surface area contributed by atoms with Crippen LogP contribution in [0.1, 0.15) is 5.56 Å². The van der Waals surface area contributed by atoms with Gasteiger partial charge in [-0.3, -0.25) is 4.98 Å². The molecule has 3 aromatic rings. The van der Waals surface area contributed by atoms with Gasteiger partial charge in [0.25, 0.3) is 0 Å². The second-order valence-corrected chi connectivity index (χ2v) is 5.66. The quantitative estimate of drug-likeness (QED) is 0.674. The molecule has 0 bridgehead atoms. The Balaban J connectivity index is 2.10. The molecule has 0 saturated heterocycles. The van der Waals surface area contributed by atoms with E-state index in [1.165, 1.54) is 5.56 Å². The molecular formula is C16H14BrN3. The number of nitrogens with one attached hydrogen (secondary N) is 1. The Morgan fingerprint density at radius 3 is 2.80 bits per heavy atom. The Bertz CT molecular complexity index is 784. The number of nitrogens with two attached hydrogens (primary N) is 1. The predicted octanol–water partition coefficient (Wildman–Crippen LogP) is 4.63. The predicted molar refractivity (Wildman–Crippen MR) is 88.3 cm³/mol. The van der Waals surface area contributed by atoms with Crippen LogP contribution in [0.5, 0.6) is 0 Å². The molecule has 0 amide bonds. The van der Waals surface area contributed by atoms with Crippen molar-refractivity contribution in [3.05, 3.63) is 58.7 Å². The zero-order valence-electron chi connectivity index (χ0n) is 11.0. The van der Waals surface area contributed by atoms with Crippen LogP contribution in [0, 0.1) is 6.92 Å². The van der Waals surface area contributed by atoms with Crippen LogP contribution in [0.2, 0.25) is 0 Å². The lowest BCUT2D eigenvalue weighted by Crippen LogP contribution is -1.96.